The zero-order valence-corrected chi connectivity index (χ0v) is 8.44. The minimum atomic E-state index is 0.0884. The van der Waals surface area contributed by atoms with Crippen LogP contribution >= 0.6 is 0 Å². The number of hydrogen-bond acceptors (Lipinski definition) is 3. The molecule has 14 heavy (non-hydrogen) atoms. The Morgan fingerprint density at radius 2 is 2.43 bits per heavy atom. The van der Waals surface area contributed by atoms with E-state index >= 15 is 0 Å². The van der Waals surface area contributed by atoms with Gasteiger partial charge in [0.15, 0.2) is 5.78 Å². The average molecular weight is 196 g/mol. The van der Waals surface area contributed by atoms with Gasteiger partial charge in [-0.25, -0.2) is 0 Å². The van der Waals surface area contributed by atoms with Gasteiger partial charge in [-0.15, -0.1) is 0 Å². The molecule has 0 radical (unpaired) electrons. The fourth-order valence-corrected chi connectivity index (χ4v) is 2.27. The highest BCUT2D eigenvalue weighted by Gasteiger charge is 2.43. The molecule has 0 amide bonds. The highest BCUT2D eigenvalue weighted by atomic mass is 16.5. The van der Waals surface area contributed by atoms with Gasteiger partial charge >= 0.3 is 0 Å². The Hall–Kier alpha value is -0.830. The summed E-state index contributed by atoms with van der Waals surface area (Å²) in [5.74, 6) is 0.246. The molecule has 78 valence electrons. The fourth-order valence-electron chi connectivity index (χ4n) is 2.27. The van der Waals surface area contributed by atoms with Crippen molar-refractivity contribution in [2.75, 3.05) is 6.61 Å². The standard InChI is InChI=1S/C11H16O3/c1-2-13-6-5-10(12)9-7-8-3-4-11(9)14-8/h5-6,8-9,11H,2-4,7H2,1H3/b6-5+. The predicted molar refractivity (Wildman–Crippen MR) is 51.8 cm³/mol. The number of ketones is 1. The molecule has 2 aliphatic rings. The average Bonchev–Trinajstić information content (AvgIpc) is 2.79. The van der Waals surface area contributed by atoms with Crippen molar-refractivity contribution in [3.05, 3.63) is 12.3 Å². The molecule has 0 aromatic rings. The van der Waals surface area contributed by atoms with E-state index in [-0.39, 0.29) is 17.8 Å². The lowest BCUT2D eigenvalue weighted by atomic mass is 9.86. The van der Waals surface area contributed by atoms with Crippen LogP contribution in [0.5, 0.6) is 0 Å². The van der Waals surface area contributed by atoms with Crippen molar-refractivity contribution in [2.24, 2.45) is 5.92 Å². The lowest BCUT2D eigenvalue weighted by Crippen LogP contribution is -2.23. The Kier molecular flexibility index (Phi) is 2.87. The number of allylic oxidation sites excluding steroid dienone is 1. The van der Waals surface area contributed by atoms with Gasteiger partial charge in [0.2, 0.25) is 0 Å². The van der Waals surface area contributed by atoms with Gasteiger partial charge in [-0.3, -0.25) is 4.79 Å². The van der Waals surface area contributed by atoms with Gasteiger partial charge in [0, 0.05) is 6.08 Å². The topological polar surface area (TPSA) is 35.5 Å². The molecule has 0 N–H and O–H groups in total. The Morgan fingerprint density at radius 3 is 3.00 bits per heavy atom. The van der Waals surface area contributed by atoms with Crippen molar-refractivity contribution in [3.8, 4) is 0 Å². The summed E-state index contributed by atoms with van der Waals surface area (Å²) in [6.07, 6.45) is 6.63. The van der Waals surface area contributed by atoms with Gasteiger partial charge in [-0.2, -0.15) is 0 Å². The van der Waals surface area contributed by atoms with Gasteiger partial charge in [0.1, 0.15) is 0 Å². The molecule has 3 nitrogen and oxygen atoms in total. The molecule has 0 spiro atoms. The summed E-state index contributed by atoms with van der Waals surface area (Å²) in [4.78, 5) is 11.7. The molecule has 2 aliphatic heterocycles. The molecule has 0 aromatic carbocycles. The summed E-state index contributed by atoms with van der Waals surface area (Å²) in [5.41, 5.74) is 0. The van der Waals surface area contributed by atoms with Crippen LogP contribution in [0.1, 0.15) is 26.2 Å². The predicted octanol–water partition coefficient (Wildman–Crippen LogP) is 1.67. The number of carbonyl (C=O) groups is 1. The highest BCUT2D eigenvalue weighted by Crippen LogP contribution is 2.39. The van der Waals surface area contributed by atoms with Crippen LogP contribution in [0.15, 0.2) is 12.3 Å². The van der Waals surface area contributed by atoms with E-state index in [9.17, 15) is 4.79 Å². The monoisotopic (exact) mass is 196 g/mol. The minimum Gasteiger partial charge on any atom is -0.501 e. The maximum Gasteiger partial charge on any atom is 0.164 e. The molecular formula is C11H16O3. The lowest BCUT2D eigenvalue weighted by Gasteiger charge is -2.14. The smallest absolute Gasteiger partial charge is 0.164 e. The van der Waals surface area contributed by atoms with Crippen molar-refractivity contribution in [2.45, 2.75) is 38.4 Å². The summed E-state index contributed by atoms with van der Waals surface area (Å²) >= 11 is 0. The van der Waals surface area contributed by atoms with Crippen LogP contribution in [-0.2, 0) is 14.3 Å². The van der Waals surface area contributed by atoms with Crippen molar-refractivity contribution in [1.29, 1.82) is 0 Å². The quantitative estimate of drug-likeness (QED) is 0.507. The van der Waals surface area contributed by atoms with Gasteiger partial charge in [0.05, 0.1) is 31.0 Å². The number of ether oxygens (including phenoxy) is 2. The molecule has 2 heterocycles. The molecule has 2 bridgehead atoms. The normalized spacial score (nSPS) is 35.4. The van der Waals surface area contributed by atoms with Crippen LogP contribution < -0.4 is 0 Å². The molecule has 2 rings (SSSR count). The van der Waals surface area contributed by atoms with E-state index in [4.69, 9.17) is 9.47 Å². The summed E-state index contributed by atoms with van der Waals surface area (Å²) in [5, 5.41) is 0. The minimum absolute atomic E-state index is 0.0884. The van der Waals surface area contributed by atoms with E-state index in [0.29, 0.717) is 12.7 Å². The second kappa shape index (κ2) is 4.13. The molecule has 3 unspecified atom stereocenters. The summed E-state index contributed by atoms with van der Waals surface area (Å²) in [6.45, 7) is 2.51. The van der Waals surface area contributed by atoms with E-state index < -0.39 is 0 Å². The number of hydrogen-bond donors (Lipinski definition) is 0. The lowest BCUT2D eigenvalue weighted by molar-refractivity contribution is -0.119. The Morgan fingerprint density at radius 1 is 1.57 bits per heavy atom. The third kappa shape index (κ3) is 1.82. The molecule has 3 heteroatoms. The van der Waals surface area contributed by atoms with E-state index in [1.165, 1.54) is 12.3 Å². The van der Waals surface area contributed by atoms with Crippen LogP contribution in [-0.4, -0.2) is 24.6 Å². The molecule has 2 saturated heterocycles. The first kappa shape index (κ1) is 9.71. The third-order valence-corrected chi connectivity index (χ3v) is 2.97. The first-order chi connectivity index (χ1) is 6.81. The maximum absolute atomic E-state index is 11.7. The summed E-state index contributed by atoms with van der Waals surface area (Å²) in [7, 11) is 0. The maximum atomic E-state index is 11.7. The van der Waals surface area contributed by atoms with E-state index in [1.54, 1.807) is 0 Å². The number of rotatable bonds is 4. The van der Waals surface area contributed by atoms with E-state index in [0.717, 1.165) is 19.3 Å². The largest absolute Gasteiger partial charge is 0.501 e. The molecule has 3 atom stereocenters. The van der Waals surface area contributed by atoms with Gasteiger partial charge in [-0.05, 0) is 26.2 Å². The van der Waals surface area contributed by atoms with E-state index in [2.05, 4.69) is 0 Å². The molecule has 0 saturated carbocycles. The second-order valence-corrected chi connectivity index (χ2v) is 3.88. The van der Waals surface area contributed by atoms with Crippen molar-refractivity contribution < 1.29 is 14.3 Å². The fraction of sp³-hybridized carbons (Fsp3) is 0.727. The van der Waals surface area contributed by atoms with Gasteiger partial charge in [0.25, 0.3) is 0 Å². The van der Waals surface area contributed by atoms with Gasteiger partial charge in [-0.1, -0.05) is 0 Å². The Balaban J connectivity index is 1.87. The molecular weight excluding hydrogens is 180 g/mol. The van der Waals surface area contributed by atoms with Crippen molar-refractivity contribution in [1.82, 2.24) is 0 Å². The first-order valence-corrected chi connectivity index (χ1v) is 5.28. The van der Waals surface area contributed by atoms with Crippen LogP contribution in [0.3, 0.4) is 0 Å². The SMILES string of the molecule is CCO/C=C/C(=O)C1CC2CCC1O2. The molecule has 0 aromatic heterocycles. The number of carbonyl (C=O) groups excluding carboxylic acids is 1. The molecule has 0 aliphatic carbocycles. The zero-order valence-electron chi connectivity index (χ0n) is 8.44. The summed E-state index contributed by atoms with van der Waals surface area (Å²) < 4.78 is 10.6. The van der Waals surface area contributed by atoms with E-state index in [1.807, 2.05) is 6.92 Å². The highest BCUT2D eigenvalue weighted by molar-refractivity contribution is 5.92. The number of fused-ring (bicyclic) bond motifs is 2. The summed E-state index contributed by atoms with van der Waals surface area (Å²) in [6, 6.07) is 0. The first-order valence-electron chi connectivity index (χ1n) is 5.28. The third-order valence-electron chi connectivity index (χ3n) is 2.97. The molecule has 2 fully saturated rings. The van der Waals surface area contributed by atoms with Crippen LogP contribution in [0.2, 0.25) is 0 Å². The van der Waals surface area contributed by atoms with Crippen LogP contribution in [0.25, 0.3) is 0 Å². The van der Waals surface area contributed by atoms with Crippen molar-refractivity contribution >= 4 is 5.78 Å². The van der Waals surface area contributed by atoms with Gasteiger partial charge < -0.3 is 9.47 Å². The Labute approximate surface area is 84.1 Å². The Bertz CT molecular complexity index is 247. The van der Waals surface area contributed by atoms with Crippen molar-refractivity contribution in [3.63, 3.8) is 0 Å². The van der Waals surface area contributed by atoms with Crippen LogP contribution in [0, 0.1) is 5.92 Å². The van der Waals surface area contributed by atoms with Crippen LogP contribution in [0.4, 0.5) is 0 Å². The zero-order chi connectivity index (χ0) is 9.97. The second-order valence-electron chi connectivity index (χ2n) is 3.88.